The highest BCUT2D eigenvalue weighted by molar-refractivity contribution is 5.27. The van der Waals surface area contributed by atoms with Gasteiger partial charge in [0, 0.05) is 45.9 Å². The van der Waals surface area contributed by atoms with Gasteiger partial charge in [0.2, 0.25) is 0 Å². The van der Waals surface area contributed by atoms with E-state index in [9.17, 15) is 5.11 Å². The fourth-order valence-electron chi connectivity index (χ4n) is 4.18. The van der Waals surface area contributed by atoms with Crippen LogP contribution >= 0.6 is 0 Å². The Bertz CT molecular complexity index is 522. The van der Waals surface area contributed by atoms with Crippen molar-refractivity contribution >= 4 is 0 Å². The largest absolute Gasteiger partial charge is 0.497 e. The summed E-state index contributed by atoms with van der Waals surface area (Å²) in [5.41, 5.74) is 1.31. The van der Waals surface area contributed by atoms with Crippen LogP contribution < -0.4 is 4.74 Å². The van der Waals surface area contributed by atoms with Crippen LogP contribution in [0.3, 0.4) is 0 Å². The molecule has 0 bridgehead atoms. The molecule has 2 aliphatic heterocycles. The molecule has 2 saturated heterocycles. The minimum atomic E-state index is 0.303. The highest BCUT2D eigenvalue weighted by Gasteiger charge is 2.33. The van der Waals surface area contributed by atoms with Gasteiger partial charge in [-0.3, -0.25) is 4.90 Å². The molecule has 0 spiro atoms. The number of likely N-dealkylation sites (N-methyl/N-ethyl adjacent to an activating group) is 1. The van der Waals surface area contributed by atoms with Gasteiger partial charge in [0.05, 0.1) is 7.11 Å². The Morgan fingerprint density at radius 3 is 2.48 bits per heavy atom. The van der Waals surface area contributed by atoms with Gasteiger partial charge in [-0.1, -0.05) is 12.1 Å². The summed E-state index contributed by atoms with van der Waals surface area (Å²) in [7, 11) is 3.92. The van der Waals surface area contributed by atoms with Crippen LogP contribution in [0.4, 0.5) is 0 Å². The van der Waals surface area contributed by atoms with Crippen LogP contribution in [0.25, 0.3) is 0 Å². The maximum atomic E-state index is 9.85. The van der Waals surface area contributed by atoms with E-state index in [1.165, 1.54) is 25.1 Å². The van der Waals surface area contributed by atoms with E-state index in [-0.39, 0.29) is 0 Å². The number of benzene rings is 1. The Kier molecular flexibility index (Phi) is 6.70. The molecule has 5 heteroatoms. The second kappa shape index (κ2) is 8.99. The summed E-state index contributed by atoms with van der Waals surface area (Å²) in [5.74, 6) is 1.88. The zero-order valence-corrected chi connectivity index (χ0v) is 15.7. The Balaban J connectivity index is 1.54. The van der Waals surface area contributed by atoms with Crippen molar-refractivity contribution in [3.8, 4) is 5.75 Å². The molecule has 2 fully saturated rings. The van der Waals surface area contributed by atoms with Gasteiger partial charge in [0.1, 0.15) is 5.75 Å². The summed E-state index contributed by atoms with van der Waals surface area (Å²) in [4.78, 5) is 7.53. The Morgan fingerprint density at radius 1 is 1.00 bits per heavy atom. The van der Waals surface area contributed by atoms with Crippen LogP contribution in [0.15, 0.2) is 24.3 Å². The van der Waals surface area contributed by atoms with E-state index in [4.69, 9.17) is 4.74 Å². The zero-order chi connectivity index (χ0) is 17.6. The smallest absolute Gasteiger partial charge is 0.118 e. The molecule has 0 unspecified atom stereocenters. The van der Waals surface area contributed by atoms with E-state index < -0.39 is 0 Å². The molecule has 0 saturated carbocycles. The lowest BCUT2D eigenvalue weighted by Crippen LogP contribution is -2.36. The highest BCUT2D eigenvalue weighted by atomic mass is 16.5. The molecule has 5 nitrogen and oxygen atoms in total. The number of aliphatic hydroxyl groups is 1. The summed E-state index contributed by atoms with van der Waals surface area (Å²) in [5, 5.41) is 9.85. The summed E-state index contributed by atoms with van der Waals surface area (Å²) in [6.45, 7) is 9.18. The van der Waals surface area contributed by atoms with Crippen LogP contribution in [0, 0.1) is 11.8 Å². The number of hydrogen-bond donors (Lipinski definition) is 1. The summed E-state index contributed by atoms with van der Waals surface area (Å²) >= 11 is 0. The van der Waals surface area contributed by atoms with Crippen molar-refractivity contribution in [2.45, 2.75) is 13.0 Å². The molecule has 0 amide bonds. The van der Waals surface area contributed by atoms with E-state index >= 15 is 0 Å². The number of likely N-dealkylation sites (tertiary alicyclic amines) is 1. The van der Waals surface area contributed by atoms with E-state index in [0.717, 1.165) is 45.0 Å². The first kappa shape index (κ1) is 18.6. The highest BCUT2D eigenvalue weighted by Crippen LogP contribution is 2.26. The Hall–Kier alpha value is -1.14. The van der Waals surface area contributed by atoms with Crippen LogP contribution in [-0.2, 0) is 6.54 Å². The number of aliphatic hydroxyl groups excluding tert-OH is 1. The fourth-order valence-corrected chi connectivity index (χ4v) is 4.18. The standard InChI is InChI=1S/C20H33N3O2/c1-21-8-3-9-22(11-10-21)13-18-14-23(15-19(18)16-24)12-17-4-6-20(25-2)7-5-17/h4-7,18-19,24H,3,8-16H2,1-2H3/t18-,19-/m1/s1. The van der Waals surface area contributed by atoms with Crippen LogP contribution in [0.5, 0.6) is 5.75 Å². The summed E-state index contributed by atoms with van der Waals surface area (Å²) < 4.78 is 5.24. The lowest BCUT2D eigenvalue weighted by atomic mass is 9.96. The van der Waals surface area contributed by atoms with Gasteiger partial charge in [-0.15, -0.1) is 0 Å². The molecule has 1 N–H and O–H groups in total. The van der Waals surface area contributed by atoms with Crippen molar-refractivity contribution < 1.29 is 9.84 Å². The minimum Gasteiger partial charge on any atom is -0.497 e. The van der Waals surface area contributed by atoms with Crippen molar-refractivity contribution in [3.63, 3.8) is 0 Å². The van der Waals surface area contributed by atoms with Gasteiger partial charge >= 0.3 is 0 Å². The predicted molar refractivity (Wildman–Crippen MR) is 101 cm³/mol. The maximum absolute atomic E-state index is 9.85. The average molecular weight is 348 g/mol. The van der Waals surface area contributed by atoms with E-state index in [1.807, 2.05) is 12.1 Å². The lowest BCUT2D eigenvalue weighted by Gasteiger charge is -2.26. The SMILES string of the molecule is COc1ccc(CN2C[C@@H](CN3CCCN(C)CC3)[C@@H](CO)C2)cc1. The number of nitrogens with zero attached hydrogens (tertiary/aromatic N) is 3. The molecule has 25 heavy (non-hydrogen) atoms. The van der Waals surface area contributed by atoms with Gasteiger partial charge in [0.15, 0.2) is 0 Å². The zero-order valence-electron chi connectivity index (χ0n) is 15.7. The number of rotatable bonds is 6. The van der Waals surface area contributed by atoms with Crippen molar-refractivity contribution in [2.24, 2.45) is 11.8 Å². The minimum absolute atomic E-state index is 0.303. The second-order valence-corrected chi connectivity index (χ2v) is 7.70. The molecule has 0 aromatic heterocycles. The summed E-state index contributed by atoms with van der Waals surface area (Å²) in [6, 6.07) is 8.34. The molecule has 2 atom stereocenters. The first-order valence-electron chi connectivity index (χ1n) is 9.55. The molecule has 2 aliphatic rings. The van der Waals surface area contributed by atoms with Gasteiger partial charge in [0.25, 0.3) is 0 Å². The third-order valence-electron chi connectivity index (χ3n) is 5.76. The van der Waals surface area contributed by atoms with Gasteiger partial charge in [-0.05, 0) is 56.1 Å². The van der Waals surface area contributed by atoms with Crippen molar-refractivity contribution in [3.05, 3.63) is 29.8 Å². The molecule has 3 rings (SSSR count). The number of ether oxygens (including phenoxy) is 1. The van der Waals surface area contributed by atoms with Gasteiger partial charge < -0.3 is 19.6 Å². The fraction of sp³-hybridized carbons (Fsp3) is 0.700. The summed E-state index contributed by atoms with van der Waals surface area (Å²) in [6.07, 6.45) is 1.25. The van der Waals surface area contributed by atoms with Crippen molar-refractivity contribution in [1.82, 2.24) is 14.7 Å². The van der Waals surface area contributed by atoms with Gasteiger partial charge in [-0.2, -0.15) is 0 Å². The topological polar surface area (TPSA) is 39.2 Å². The normalized spacial score (nSPS) is 26.7. The third-order valence-corrected chi connectivity index (χ3v) is 5.76. The average Bonchev–Trinajstić information content (AvgIpc) is 2.89. The number of hydrogen-bond acceptors (Lipinski definition) is 5. The van der Waals surface area contributed by atoms with E-state index in [0.29, 0.717) is 18.4 Å². The third kappa shape index (κ3) is 5.17. The van der Waals surface area contributed by atoms with Crippen molar-refractivity contribution in [2.75, 3.05) is 66.6 Å². The molecule has 1 aromatic rings. The molecule has 1 aromatic carbocycles. The Labute approximate surface area is 152 Å². The van der Waals surface area contributed by atoms with Crippen LogP contribution in [-0.4, -0.2) is 86.4 Å². The van der Waals surface area contributed by atoms with Gasteiger partial charge in [-0.25, -0.2) is 0 Å². The quantitative estimate of drug-likeness (QED) is 0.842. The second-order valence-electron chi connectivity index (χ2n) is 7.70. The predicted octanol–water partition coefficient (Wildman–Crippen LogP) is 1.37. The molecular weight excluding hydrogens is 314 g/mol. The molecule has 2 heterocycles. The first-order chi connectivity index (χ1) is 12.2. The number of methoxy groups -OCH3 is 1. The molecule has 140 valence electrons. The van der Waals surface area contributed by atoms with E-state index in [1.54, 1.807) is 7.11 Å². The van der Waals surface area contributed by atoms with E-state index in [2.05, 4.69) is 33.9 Å². The maximum Gasteiger partial charge on any atom is 0.118 e. The lowest BCUT2D eigenvalue weighted by molar-refractivity contribution is 0.165. The molecule has 0 radical (unpaired) electrons. The molecular formula is C20H33N3O2. The van der Waals surface area contributed by atoms with Crippen LogP contribution in [0.2, 0.25) is 0 Å². The first-order valence-corrected chi connectivity index (χ1v) is 9.55. The van der Waals surface area contributed by atoms with Crippen LogP contribution in [0.1, 0.15) is 12.0 Å². The Morgan fingerprint density at radius 2 is 1.76 bits per heavy atom. The monoisotopic (exact) mass is 347 g/mol. The van der Waals surface area contributed by atoms with Crippen molar-refractivity contribution in [1.29, 1.82) is 0 Å². The molecule has 0 aliphatic carbocycles.